The molecule has 1 saturated heterocycles. The summed E-state index contributed by atoms with van der Waals surface area (Å²) in [4.78, 5) is 50.7. The van der Waals surface area contributed by atoms with Gasteiger partial charge in [-0.2, -0.15) is 0 Å². The van der Waals surface area contributed by atoms with Gasteiger partial charge in [0, 0.05) is 31.2 Å². The van der Waals surface area contributed by atoms with Gasteiger partial charge in [-0.25, -0.2) is 4.68 Å². The highest BCUT2D eigenvalue weighted by atomic mass is 16.7. The predicted octanol–water partition coefficient (Wildman–Crippen LogP) is 4.32. The van der Waals surface area contributed by atoms with Crippen molar-refractivity contribution in [2.75, 3.05) is 6.61 Å². The topological polar surface area (TPSA) is 145 Å². The van der Waals surface area contributed by atoms with E-state index in [9.17, 15) is 19.2 Å². The lowest BCUT2D eigenvalue weighted by Gasteiger charge is -2.44. The van der Waals surface area contributed by atoms with Gasteiger partial charge in [-0.1, -0.05) is 63.2 Å². The van der Waals surface area contributed by atoms with E-state index >= 15 is 0 Å². The van der Waals surface area contributed by atoms with E-state index in [0.717, 1.165) is 5.56 Å². The van der Waals surface area contributed by atoms with Crippen molar-refractivity contribution in [1.82, 2.24) is 15.0 Å². The number of ether oxygens (including phenoxy) is 5. The van der Waals surface area contributed by atoms with Crippen molar-refractivity contribution in [3.05, 3.63) is 36.5 Å². The molecule has 0 spiro atoms. The highest BCUT2D eigenvalue weighted by Gasteiger charge is 2.53. The van der Waals surface area contributed by atoms with Crippen LogP contribution in [-0.2, 0) is 42.9 Å². The van der Waals surface area contributed by atoms with Gasteiger partial charge in [0.25, 0.3) is 0 Å². The third-order valence-electron chi connectivity index (χ3n) is 6.48. The smallest absolute Gasteiger partial charge is 0.306 e. The molecule has 0 unspecified atom stereocenters. The molecule has 2 heterocycles. The van der Waals surface area contributed by atoms with Crippen LogP contribution in [0.3, 0.4) is 0 Å². The summed E-state index contributed by atoms with van der Waals surface area (Å²) in [6.45, 7) is 7.02. The van der Waals surface area contributed by atoms with E-state index in [1.807, 2.05) is 58.0 Å². The Hall–Kier alpha value is -3.80. The number of benzene rings is 1. The van der Waals surface area contributed by atoms with Gasteiger partial charge in [0.1, 0.15) is 18.4 Å². The Bertz CT molecular complexity index is 1170. The van der Waals surface area contributed by atoms with E-state index in [2.05, 4.69) is 10.3 Å². The molecule has 12 heteroatoms. The summed E-state index contributed by atoms with van der Waals surface area (Å²) in [5, 5.41) is 8.49. The van der Waals surface area contributed by atoms with Gasteiger partial charge in [0.15, 0.2) is 24.5 Å². The lowest BCUT2D eigenvalue weighted by Crippen LogP contribution is -2.61. The number of esters is 4. The van der Waals surface area contributed by atoms with Crippen LogP contribution in [0.5, 0.6) is 0 Å². The van der Waals surface area contributed by atoms with Crippen molar-refractivity contribution < 1.29 is 42.9 Å². The zero-order chi connectivity index (χ0) is 30.5. The normalized spacial score (nSPS) is 21.8. The highest BCUT2D eigenvalue weighted by Crippen LogP contribution is 2.35. The second-order valence-electron chi connectivity index (χ2n) is 10.1. The monoisotopic (exact) mass is 587 g/mol. The number of carbonyl (C=O) groups is 4. The Kier molecular flexibility index (Phi) is 12.9. The molecule has 12 nitrogen and oxygen atoms in total. The lowest BCUT2D eigenvalue weighted by atomic mass is 9.97. The molecule has 42 heavy (non-hydrogen) atoms. The number of carbonyl (C=O) groups excluding carboxylic acids is 4. The molecule has 0 N–H and O–H groups in total. The Morgan fingerprint density at radius 1 is 0.738 bits per heavy atom. The fourth-order valence-electron chi connectivity index (χ4n) is 4.48. The van der Waals surface area contributed by atoms with Crippen LogP contribution in [0.25, 0.3) is 11.3 Å². The Morgan fingerprint density at radius 2 is 1.26 bits per heavy atom. The molecule has 0 amide bonds. The molecule has 3 rings (SSSR count). The Balaban J connectivity index is 2.07. The van der Waals surface area contributed by atoms with Crippen LogP contribution < -0.4 is 0 Å². The Morgan fingerprint density at radius 3 is 1.83 bits per heavy atom. The van der Waals surface area contributed by atoms with Gasteiger partial charge < -0.3 is 23.7 Å². The first-order valence-electron chi connectivity index (χ1n) is 14.7. The molecule has 1 aromatic carbocycles. The maximum atomic E-state index is 12.9. The maximum Gasteiger partial charge on any atom is 0.306 e. The van der Waals surface area contributed by atoms with Crippen LogP contribution in [0.1, 0.15) is 85.3 Å². The third-order valence-corrected chi connectivity index (χ3v) is 6.48. The molecule has 0 saturated carbocycles. The van der Waals surface area contributed by atoms with Crippen molar-refractivity contribution in [2.24, 2.45) is 0 Å². The number of aromatic nitrogens is 3. The standard InChI is InChI=1S/C30H41N3O9/c1-5-12-23(34)38-19-22-27(40-24(35)13-6-2)28(41-25(36)14-7-3)29(42-26(37)15-8-4)30(39-22)33-18-21(31-32-33)20-16-10-9-11-17-20/h9-11,16-18,22,27-30H,5-8,12-15,19H2,1-4H3/t22-,27+,28+,29-,30-/m1/s1. The van der Waals surface area contributed by atoms with Gasteiger partial charge >= 0.3 is 23.9 Å². The van der Waals surface area contributed by atoms with Crippen LogP contribution in [0.15, 0.2) is 36.5 Å². The van der Waals surface area contributed by atoms with Crippen molar-refractivity contribution in [3.8, 4) is 11.3 Å². The first kappa shape index (κ1) is 32.7. The van der Waals surface area contributed by atoms with E-state index < -0.39 is 54.5 Å². The average Bonchev–Trinajstić information content (AvgIpc) is 3.45. The molecule has 0 aliphatic carbocycles. The number of hydrogen-bond donors (Lipinski definition) is 0. The van der Waals surface area contributed by atoms with Crippen molar-refractivity contribution in [3.63, 3.8) is 0 Å². The Labute approximate surface area is 246 Å². The van der Waals surface area contributed by atoms with E-state index in [-0.39, 0.29) is 32.3 Å². The minimum Gasteiger partial charge on any atom is -0.463 e. The molecule has 2 aromatic rings. The highest BCUT2D eigenvalue weighted by molar-refractivity contribution is 5.72. The molecule has 0 radical (unpaired) electrons. The summed E-state index contributed by atoms with van der Waals surface area (Å²) in [7, 11) is 0. The van der Waals surface area contributed by atoms with Crippen LogP contribution >= 0.6 is 0 Å². The SMILES string of the molecule is CCCC(=O)OC[C@H]1O[C@@H](n2cc(-c3ccccc3)nn2)[C@H](OC(=O)CCC)[C@@H](OC(=O)CCC)[C@H]1OC(=O)CCC. The second kappa shape index (κ2) is 16.6. The molecule has 5 atom stereocenters. The molecule has 1 aliphatic heterocycles. The molecular formula is C30H41N3O9. The fourth-order valence-corrected chi connectivity index (χ4v) is 4.48. The van der Waals surface area contributed by atoms with E-state index in [1.165, 1.54) is 4.68 Å². The largest absolute Gasteiger partial charge is 0.463 e. The van der Waals surface area contributed by atoms with Crippen molar-refractivity contribution in [2.45, 2.75) is 110 Å². The number of rotatable bonds is 15. The van der Waals surface area contributed by atoms with E-state index in [4.69, 9.17) is 23.7 Å². The number of nitrogens with zero attached hydrogens (tertiary/aromatic N) is 3. The van der Waals surface area contributed by atoms with Crippen LogP contribution in [-0.4, -0.2) is 69.9 Å². The van der Waals surface area contributed by atoms with Crippen LogP contribution in [0.4, 0.5) is 0 Å². The zero-order valence-corrected chi connectivity index (χ0v) is 24.7. The molecule has 1 fully saturated rings. The molecule has 230 valence electrons. The average molecular weight is 588 g/mol. The van der Waals surface area contributed by atoms with E-state index in [1.54, 1.807) is 6.20 Å². The quantitative estimate of drug-likeness (QED) is 0.217. The fraction of sp³-hybridized carbons (Fsp3) is 0.600. The van der Waals surface area contributed by atoms with Gasteiger partial charge in [-0.3, -0.25) is 19.2 Å². The first-order valence-corrected chi connectivity index (χ1v) is 14.7. The van der Waals surface area contributed by atoms with Gasteiger partial charge in [0.05, 0.1) is 6.20 Å². The number of hydrogen-bond acceptors (Lipinski definition) is 11. The van der Waals surface area contributed by atoms with Crippen molar-refractivity contribution in [1.29, 1.82) is 0 Å². The third kappa shape index (κ3) is 9.10. The summed E-state index contributed by atoms with van der Waals surface area (Å²) in [6.07, 6.45) is -1.76. The van der Waals surface area contributed by atoms with E-state index in [0.29, 0.717) is 31.4 Å². The van der Waals surface area contributed by atoms with Crippen molar-refractivity contribution >= 4 is 23.9 Å². The maximum absolute atomic E-state index is 12.9. The minimum atomic E-state index is -1.27. The molecule has 1 aromatic heterocycles. The summed E-state index contributed by atoms with van der Waals surface area (Å²) < 4.78 is 30.7. The summed E-state index contributed by atoms with van der Waals surface area (Å²) >= 11 is 0. The summed E-state index contributed by atoms with van der Waals surface area (Å²) in [5.74, 6) is -2.14. The predicted molar refractivity (Wildman–Crippen MR) is 150 cm³/mol. The van der Waals surface area contributed by atoms with Crippen LogP contribution in [0, 0.1) is 0 Å². The zero-order valence-electron chi connectivity index (χ0n) is 24.7. The van der Waals surface area contributed by atoms with Gasteiger partial charge in [-0.05, 0) is 25.7 Å². The van der Waals surface area contributed by atoms with Gasteiger partial charge in [-0.15, -0.1) is 5.10 Å². The molecule has 1 aliphatic rings. The van der Waals surface area contributed by atoms with Gasteiger partial charge in [0.2, 0.25) is 0 Å². The lowest BCUT2D eigenvalue weighted by molar-refractivity contribution is -0.272. The first-order chi connectivity index (χ1) is 20.3. The minimum absolute atomic E-state index is 0.0882. The summed E-state index contributed by atoms with van der Waals surface area (Å²) in [5.41, 5.74) is 1.32. The summed E-state index contributed by atoms with van der Waals surface area (Å²) in [6, 6.07) is 9.33. The van der Waals surface area contributed by atoms with Crippen LogP contribution in [0.2, 0.25) is 0 Å². The second-order valence-corrected chi connectivity index (χ2v) is 10.1. The molecule has 0 bridgehead atoms. The molecular weight excluding hydrogens is 546 g/mol.